The van der Waals surface area contributed by atoms with E-state index in [1.807, 2.05) is 26.0 Å². The summed E-state index contributed by atoms with van der Waals surface area (Å²) in [6.07, 6.45) is 1.35. The number of aryl methyl sites for hydroxylation is 2. The Morgan fingerprint density at radius 1 is 1.12 bits per heavy atom. The van der Waals surface area contributed by atoms with Gasteiger partial charge in [-0.15, -0.1) is 0 Å². The van der Waals surface area contributed by atoms with Crippen LogP contribution in [0.2, 0.25) is 0 Å². The average Bonchev–Trinajstić information content (AvgIpc) is 2.90. The van der Waals surface area contributed by atoms with Crippen molar-refractivity contribution in [3.63, 3.8) is 0 Å². The molecule has 0 atom stereocenters. The first kappa shape index (κ1) is 17.6. The summed E-state index contributed by atoms with van der Waals surface area (Å²) in [4.78, 5) is 3.46. The second-order valence-electron chi connectivity index (χ2n) is 6.06. The molecule has 2 N–H and O–H groups in total. The minimum absolute atomic E-state index is 0.252. The fourth-order valence-corrected chi connectivity index (χ4v) is 4.01. The largest absolute Gasteiger partial charge is 0.358 e. The van der Waals surface area contributed by atoms with Gasteiger partial charge in [0.05, 0.1) is 4.90 Å². The molecule has 0 aliphatic carbocycles. The molecule has 0 saturated heterocycles. The number of aromatic nitrogens is 1. The number of fused-ring (bicyclic) bond motifs is 1. The third-order valence-corrected chi connectivity index (χ3v) is 5.87. The van der Waals surface area contributed by atoms with Gasteiger partial charge in [-0.3, -0.25) is 0 Å². The summed E-state index contributed by atoms with van der Waals surface area (Å²) in [5.74, 6) is -0.302. The van der Waals surface area contributed by atoms with Gasteiger partial charge in [-0.05, 0) is 61.2 Å². The van der Waals surface area contributed by atoms with Gasteiger partial charge in [-0.2, -0.15) is 0 Å². The summed E-state index contributed by atoms with van der Waals surface area (Å²) in [6.45, 7) is 4.18. The van der Waals surface area contributed by atoms with Gasteiger partial charge in [0.2, 0.25) is 10.0 Å². The zero-order chi connectivity index (χ0) is 18.0. The Labute approximate surface area is 147 Å². The van der Waals surface area contributed by atoms with Crippen molar-refractivity contribution in [3.8, 4) is 0 Å². The van der Waals surface area contributed by atoms with Crippen LogP contribution in [0, 0.1) is 12.7 Å². The fraction of sp³-hybridized carbons (Fsp3) is 0.263. The molecule has 0 bridgehead atoms. The molecule has 4 nitrogen and oxygen atoms in total. The molecule has 0 radical (unpaired) electrons. The first-order valence-electron chi connectivity index (χ1n) is 8.26. The highest BCUT2D eigenvalue weighted by atomic mass is 32.2. The quantitative estimate of drug-likeness (QED) is 0.704. The van der Waals surface area contributed by atoms with E-state index in [0.717, 1.165) is 34.1 Å². The summed E-state index contributed by atoms with van der Waals surface area (Å²) >= 11 is 0. The highest BCUT2D eigenvalue weighted by molar-refractivity contribution is 7.89. The molecule has 1 heterocycles. The topological polar surface area (TPSA) is 62.0 Å². The first-order valence-corrected chi connectivity index (χ1v) is 9.74. The number of rotatable bonds is 6. The van der Waals surface area contributed by atoms with Crippen molar-refractivity contribution in [2.45, 2.75) is 31.6 Å². The van der Waals surface area contributed by atoms with Crippen molar-refractivity contribution in [2.24, 2.45) is 0 Å². The third-order valence-electron chi connectivity index (χ3n) is 4.39. The van der Waals surface area contributed by atoms with Crippen LogP contribution in [0.3, 0.4) is 0 Å². The smallest absolute Gasteiger partial charge is 0.240 e. The second-order valence-corrected chi connectivity index (χ2v) is 7.83. The van der Waals surface area contributed by atoms with Crippen molar-refractivity contribution < 1.29 is 12.8 Å². The summed E-state index contributed by atoms with van der Waals surface area (Å²) in [6, 6.07) is 11.5. The molecule has 0 aliphatic heterocycles. The molecule has 1 aromatic heterocycles. The molecule has 0 aliphatic rings. The van der Waals surface area contributed by atoms with E-state index in [1.165, 1.54) is 12.1 Å². The standard InChI is InChI=1S/C19H21FN2O2S/c1-3-14-4-7-16(8-5-14)25(23,24)21-11-10-17-13(2)22-19-9-6-15(20)12-18(17)19/h4-9,12,21-22H,3,10-11H2,1-2H3. The maximum atomic E-state index is 13.5. The fourth-order valence-electron chi connectivity index (χ4n) is 2.97. The number of sulfonamides is 1. The van der Waals surface area contributed by atoms with Crippen LogP contribution in [0.5, 0.6) is 0 Å². The van der Waals surface area contributed by atoms with Crippen LogP contribution < -0.4 is 4.72 Å². The summed E-state index contributed by atoms with van der Waals surface area (Å²) < 4.78 is 40.9. The molecule has 6 heteroatoms. The normalized spacial score (nSPS) is 12.0. The maximum Gasteiger partial charge on any atom is 0.240 e. The van der Waals surface area contributed by atoms with Crippen LogP contribution in [0.1, 0.15) is 23.7 Å². The van der Waals surface area contributed by atoms with Gasteiger partial charge in [0.15, 0.2) is 0 Å². The zero-order valence-corrected chi connectivity index (χ0v) is 15.1. The lowest BCUT2D eigenvalue weighted by molar-refractivity contribution is 0.581. The summed E-state index contributed by atoms with van der Waals surface area (Å²) in [5, 5.41) is 0.795. The minimum Gasteiger partial charge on any atom is -0.358 e. The van der Waals surface area contributed by atoms with Crippen LogP contribution in [-0.2, 0) is 22.9 Å². The molecule has 132 valence electrons. The van der Waals surface area contributed by atoms with Crippen LogP contribution in [0.15, 0.2) is 47.4 Å². The lowest BCUT2D eigenvalue weighted by Gasteiger charge is -2.08. The van der Waals surface area contributed by atoms with E-state index in [-0.39, 0.29) is 17.3 Å². The Morgan fingerprint density at radius 2 is 1.84 bits per heavy atom. The number of halogens is 1. The van der Waals surface area contributed by atoms with Crippen molar-refractivity contribution >= 4 is 20.9 Å². The number of aromatic amines is 1. The molecule has 0 saturated carbocycles. The zero-order valence-electron chi connectivity index (χ0n) is 14.3. The van der Waals surface area contributed by atoms with E-state index < -0.39 is 10.0 Å². The molecule has 0 fully saturated rings. The van der Waals surface area contributed by atoms with E-state index in [9.17, 15) is 12.8 Å². The predicted molar refractivity (Wildman–Crippen MR) is 97.7 cm³/mol. The second kappa shape index (κ2) is 6.98. The van der Waals surface area contributed by atoms with E-state index in [0.29, 0.717) is 6.42 Å². The number of hydrogen-bond donors (Lipinski definition) is 2. The van der Waals surface area contributed by atoms with Crippen molar-refractivity contribution in [3.05, 3.63) is 65.1 Å². The molecule has 2 aromatic carbocycles. The highest BCUT2D eigenvalue weighted by Gasteiger charge is 2.15. The average molecular weight is 360 g/mol. The van der Waals surface area contributed by atoms with Crippen molar-refractivity contribution in [1.82, 2.24) is 9.71 Å². The highest BCUT2D eigenvalue weighted by Crippen LogP contribution is 2.23. The molecule has 3 rings (SSSR count). The third kappa shape index (κ3) is 3.75. The summed E-state index contributed by atoms with van der Waals surface area (Å²) in [7, 11) is -3.55. The van der Waals surface area contributed by atoms with E-state index in [1.54, 1.807) is 18.2 Å². The Kier molecular flexibility index (Phi) is 4.92. The van der Waals surface area contributed by atoms with Gasteiger partial charge < -0.3 is 4.98 Å². The maximum absolute atomic E-state index is 13.5. The van der Waals surface area contributed by atoms with Crippen LogP contribution >= 0.6 is 0 Å². The van der Waals surface area contributed by atoms with Gasteiger partial charge in [-0.1, -0.05) is 19.1 Å². The van der Waals surface area contributed by atoms with E-state index in [2.05, 4.69) is 9.71 Å². The van der Waals surface area contributed by atoms with Crippen LogP contribution in [-0.4, -0.2) is 19.9 Å². The minimum atomic E-state index is -3.55. The lowest BCUT2D eigenvalue weighted by atomic mass is 10.1. The van der Waals surface area contributed by atoms with E-state index in [4.69, 9.17) is 0 Å². The Balaban J connectivity index is 1.74. The van der Waals surface area contributed by atoms with Gasteiger partial charge in [0, 0.05) is 23.1 Å². The Hall–Kier alpha value is -2.18. The Morgan fingerprint density at radius 3 is 2.52 bits per heavy atom. The van der Waals surface area contributed by atoms with Gasteiger partial charge >= 0.3 is 0 Å². The molecular formula is C19H21FN2O2S. The van der Waals surface area contributed by atoms with Crippen molar-refractivity contribution in [1.29, 1.82) is 0 Å². The molecular weight excluding hydrogens is 339 g/mol. The van der Waals surface area contributed by atoms with Gasteiger partial charge in [0.1, 0.15) is 5.82 Å². The van der Waals surface area contributed by atoms with Gasteiger partial charge in [-0.25, -0.2) is 17.5 Å². The first-order chi connectivity index (χ1) is 11.9. The molecule has 0 spiro atoms. The molecule has 3 aromatic rings. The molecule has 25 heavy (non-hydrogen) atoms. The molecule has 0 unspecified atom stereocenters. The van der Waals surface area contributed by atoms with Crippen molar-refractivity contribution in [2.75, 3.05) is 6.54 Å². The SMILES string of the molecule is CCc1ccc(S(=O)(=O)NCCc2c(C)[nH]c3ccc(F)cc23)cc1. The van der Waals surface area contributed by atoms with E-state index >= 15 is 0 Å². The number of benzene rings is 2. The van der Waals surface area contributed by atoms with Crippen LogP contribution in [0.4, 0.5) is 4.39 Å². The Bertz CT molecular complexity index is 992. The predicted octanol–water partition coefficient (Wildman–Crippen LogP) is 3.70. The van der Waals surface area contributed by atoms with Crippen LogP contribution in [0.25, 0.3) is 10.9 Å². The molecule has 0 amide bonds. The summed E-state index contributed by atoms with van der Waals surface area (Å²) in [5.41, 5.74) is 3.80. The van der Waals surface area contributed by atoms with Gasteiger partial charge in [0.25, 0.3) is 0 Å². The number of hydrogen-bond acceptors (Lipinski definition) is 2. The number of H-pyrrole nitrogens is 1. The lowest BCUT2D eigenvalue weighted by Crippen LogP contribution is -2.26. The monoisotopic (exact) mass is 360 g/mol. The number of nitrogens with one attached hydrogen (secondary N) is 2.